The van der Waals surface area contributed by atoms with Gasteiger partial charge in [-0.25, -0.2) is 4.99 Å². The van der Waals surface area contributed by atoms with Crippen molar-refractivity contribution >= 4 is 17.6 Å². The lowest BCUT2D eigenvalue weighted by Crippen LogP contribution is -2.43. The summed E-state index contributed by atoms with van der Waals surface area (Å²) < 4.78 is 2.56. The van der Waals surface area contributed by atoms with Crippen molar-refractivity contribution in [3.8, 4) is 0 Å². The van der Waals surface area contributed by atoms with Gasteiger partial charge >= 0.3 is 0 Å². The molecule has 2 aromatic rings. The third-order valence-electron chi connectivity index (χ3n) is 6.23. The fourth-order valence-electron chi connectivity index (χ4n) is 4.63. The minimum atomic E-state index is 0.167. The van der Waals surface area contributed by atoms with Gasteiger partial charge in [-0.2, -0.15) is 0 Å². The summed E-state index contributed by atoms with van der Waals surface area (Å²) in [4.78, 5) is 9.47. The Kier molecular flexibility index (Phi) is 4.96. The molecule has 0 unspecified atom stereocenters. The Balaban J connectivity index is 1.58. The molecule has 146 valence electrons. The Bertz CT molecular complexity index is 938. The molecule has 4 rings (SSSR count). The van der Waals surface area contributed by atoms with Gasteiger partial charge in [0, 0.05) is 23.2 Å². The largest absolute Gasteiger partial charge is 0.341 e. The first-order chi connectivity index (χ1) is 13.5. The Morgan fingerprint density at radius 2 is 1.86 bits per heavy atom. The lowest BCUT2D eigenvalue weighted by Gasteiger charge is -2.42. The van der Waals surface area contributed by atoms with Crippen molar-refractivity contribution in [2.24, 2.45) is 9.98 Å². The molecule has 0 amide bonds. The fraction of sp³-hybridized carbons (Fsp3) is 0.417. The van der Waals surface area contributed by atoms with Crippen LogP contribution in [0.25, 0.3) is 0 Å². The predicted molar refractivity (Wildman–Crippen MR) is 119 cm³/mol. The van der Waals surface area contributed by atoms with Crippen LogP contribution < -0.4 is 5.32 Å². The number of hydrogen-bond acceptors (Lipinski definition) is 3. The second-order valence-electron chi connectivity index (χ2n) is 8.29. The van der Waals surface area contributed by atoms with Crippen molar-refractivity contribution < 1.29 is 0 Å². The summed E-state index contributed by atoms with van der Waals surface area (Å²) in [5.41, 5.74) is 7.25. The summed E-state index contributed by atoms with van der Waals surface area (Å²) in [5, 5.41) is 3.26. The molecule has 1 aliphatic heterocycles. The van der Waals surface area contributed by atoms with Gasteiger partial charge in [-0.05, 0) is 51.8 Å². The summed E-state index contributed by atoms with van der Waals surface area (Å²) in [6.07, 6.45) is 8.33. The van der Waals surface area contributed by atoms with Crippen LogP contribution in [-0.4, -0.2) is 23.0 Å². The van der Waals surface area contributed by atoms with Crippen molar-refractivity contribution in [2.75, 3.05) is 11.9 Å². The van der Waals surface area contributed by atoms with E-state index in [2.05, 4.69) is 60.4 Å². The standard InChI is InChI=1S/C24H30N4/c1-17-8-10-22(11-9-17)27-20(4)25-15-21-14-23-18(2)26-16-24(28(23)19(21)3)12-6-5-7-13-24/h8-11,14-15,27H,4-7,12-13,16H2,1-3H3/b25-15-. The number of benzene rings is 1. The molecule has 0 saturated heterocycles. The zero-order valence-corrected chi connectivity index (χ0v) is 17.3. The number of hydrogen-bond donors (Lipinski definition) is 1. The van der Waals surface area contributed by atoms with E-state index in [-0.39, 0.29) is 5.54 Å². The molecule has 4 heteroatoms. The van der Waals surface area contributed by atoms with E-state index in [1.165, 1.54) is 49.1 Å². The monoisotopic (exact) mass is 374 g/mol. The Morgan fingerprint density at radius 1 is 1.14 bits per heavy atom. The first-order valence-corrected chi connectivity index (χ1v) is 10.3. The average molecular weight is 375 g/mol. The SMILES string of the molecule is C=C(/N=C\c1cc2n(c1C)C1(CCCCC1)CN=C2C)Nc1ccc(C)cc1. The van der Waals surface area contributed by atoms with Crippen molar-refractivity contribution in [3.05, 3.63) is 65.2 Å². The third-order valence-corrected chi connectivity index (χ3v) is 6.23. The third kappa shape index (κ3) is 3.44. The molecule has 0 bridgehead atoms. The maximum Gasteiger partial charge on any atom is 0.123 e. The van der Waals surface area contributed by atoms with Crippen molar-refractivity contribution in [2.45, 2.75) is 58.4 Å². The van der Waals surface area contributed by atoms with E-state index >= 15 is 0 Å². The van der Waals surface area contributed by atoms with E-state index in [9.17, 15) is 0 Å². The van der Waals surface area contributed by atoms with Crippen LogP contribution in [-0.2, 0) is 5.54 Å². The number of rotatable bonds is 4. The van der Waals surface area contributed by atoms with Crippen LogP contribution in [0.2, 0.25) is 0 Å². The topological polar surface area (TPSA) is 41.7 Å². The molecule has 1 spiro atoms. The van der Waals surface area contributed by atoms with Gasteiger partial charge in [0.1, 0.15) is 5.82 Å². The smallest absolute Gasteiger partial charge is 0.123 e. The van der Waals surface area contributed by atoms with E-state index < -0.39 is 0 Å². The fourth-order valence-corrected chi connectivity index (χ4v) is 4.63. The van der Waals surface area contributed by atoms with Gasteiger partial charge in [0.25, 0.3) is 0 Å². The zero-order valence-electron chi connectivity index (χ0n) is 17.3. The Labute approximate surface area is 168 Å². The molecule has 1 aliphatic carbocycles. The summed E-state index contributed by atoms with van der Waals surface area (Å²) >= 11 is 0. The van der Waals surface area contributed by atoms with E-state index in [1.54, 1.807) is 0 Å². The molecule has 2 aliphatic rings. The first-order valence-electron chi connectivity index (χ1n) is 10.3. The number of nitrogens with one attached hydrogen (secondary N) is 1. The molecule has 4 nitrogen and oxygen atoms in total. The van der Waals surface area contributed by atoms with Crippen LogP contribution in [0.15, 0.2) is 52.7 Å². The number of aliphatic imine (C=N–C) groups is 2. The second-order valence-corrected chi connectivity index (χ2v) is 8.29. The quantitative estimate of drug-likeness (QED) is 0.697. The highest BCUT2D eigenvalue weighted by Gasteiger charge is 2.39. The summed E-state index contributed by atoms with van der Waals surface area (Å²) in [6, 6.07) is 10.5. The summed E-state index contributed by atoms with van der Waals surface area (Å²) in [6.45, 7) is 11.4. The molecule has 1 fully saturated rings. The Morgan fingerprint density at radius 3 is 2.57 bits per heavy atom. The number of fused-ring (bicyclic) bond motifs is 2. The molecule has 1 N–H and O–H groups in total. The molecule has 1 saturated carbocycles. The van der Waals surface area contributed by atoms with Crippen molar-refractivity contribution in [1.29, 1.82) is 0 Å². The molecular weight excluding hydrogens is 344 g/mol. The van der Waals surface area contributed by atoms with Gasteiger partial charge in [0.15, 0.2) is 0 Å². The molecular formula is C24H30N4. The molecule has 0 atom stereocenters. The predicted octanol–water partition coefficient (Wildman–Crippen LogP) is 5.59. The lowest BCUT2D eigenvalue weighted by atomic mass is 9.80. The van der Waals surface area contributed by atoms with Gasteiger partial charge in [0.2, 0.25) is 0 Å². The van der Waals surface area contributed by atoms with Crippen LogP contribution in [0, 0.1) is 13.8 Å². The summed E-state index contributed by atoms with van der Waals surface area (Å²) in [7, 11) is 0. The van der Waals surface area contributed by atoms with Crippen LogP contribution in [0.4, 0.5) is 5.69 Å². The number of aromatic nitrogens is 1. The van der Waals surface area contributed by atoms with Gasteiger partial charge in [-0.3, -0.25) is 4.99 Å². The number of anilines is 1. The van der Waals surface area contributed by atoms with Gasteiger partial charge in [0.05, 0.1) is 23.5 Å². The maximum atomic E-state index is 4.88. The molecule has 1 aromatic carbocycles. The normalized spacial score (nSPS) is 18.2. The van der Waals surface area contributed by atoms with Crippen LogP contribution in [0.5, 0.6) is 0 Å². The number of nitrogens with zero attached hydrogens (tertiary/aromatic N) is 3. The lowest BCUT2D eigenvalue weighted by molar-refractivity contribution is 0.195. The van der Waals surface area contributed by atoms with Gasteiger partial charge in [-0.1, -0.05) is 43.5 Å². The molecule has 28 heavy (non-hydrogen) atoms. The van der Waals surface area contributed by atoms with Crippen LogP contribution in [0.3, 0.4) is 0 Å². The second kappa shape index (κ2) is 7.42. The minimum Gasteiger partial charge on any atom is -0.341 e. The van der Waals surface area contributed by atoms with Gasteiger partial charge < -0.3 is 9.88 Å². The van der Waals surface area contributed by atoms with E-state index in [1.807, 2.05) is 18.3 Å². The van der Waals surface area contributed by atoms with E-state index in [0.717, 1.165) is 23.5 Å². The maximum absolute atomic E-state index is 4.88. The number of aryl methyl sites for hydroxylation is 1. The zero-order chi connectivity index (χ0) is 19.7. The van der Waals surface area contributed by atoms with Crippen LogP contribution in [0.1, 0.15) is 61.5 Å². The highest BCUT2D eigenvalue weighted by atomic mass is 15.1. The highest BCUT2D eigenvalue weighted by Crippen LogP contribution is 2.40. The van der Waals surface area contributed by atoms with Gasteiger partial charge in [-0.15, -0.1) is 0 Å². The molecule has 1 aromatic heterocycles. The van der Waals surface area contributed by atoms with Crippen LogP contribution >= 0.6 is 0 Å². The van der Waals surface area contributed by atoms with Crippen molar-refractivity contribution in [3.63, 3.8) is 0 Å². The van der Waals surface area contributed by atoms with Crippen molar-refractivity contribution in [1.82, 2.24) is 4.57 Å². The Hall–Kier alpha value is -2.62. The average Bonchev–Trinajstić information content (AvgIpc) is 3.04. The molecule has 2 heterocycles. The minimum absolute atomic E-state index is 0.167. The summed E-state index contributed by atoms with van der Waals surface area (Å²) in [5.74, 6) is 0.644. The van der Waals surface area contributed by atoms with E-state index in [0.29, 0.717) is 5.82 Å². The van der Waals surface area contributed by atoms with E-state index in [4.69, 9.17) is 4.99 Å². The first kappa shape index (κ1) is 18.7. The highest BCUT2D eigenvalue weighted by molar-refractivity contribution is 6.00. The molecule has 0 radical (unpaired) electrons.